The van der Waals surface area contributed by atoms with Gasteiger partial charge < -0.3 is 15.2 Å². The van der Waals surface area contributed by atoms with Crippen LogP contribution >= 0.6 is 0 Å². The Labute approximate surface area is 185 Å². The fourth-order valence-electron chi connectivity index (χ4n) is 4.86. The van der Waals surface area contributed by atoms with Crippen molar-refractivity contribution in [1.29, 1.82) is 0 Å². The van der Waals surface area contributed by atoms with Crippen LogP contribution in [0.25, 0.3) is 22.2 Å². The number of aryl methyl sites for hydroxylation is 1. The molecule has 1 aliphatic heterocycles. The molecular formula is C26H34N4O. The third-order valence-electron chi connectivity index (χ3n) is 6.53. The van der Waals surface area contributed by atoms with Crippen molar-refractivity contribution in [2.75, 3.05) is 26.7 Å². The number of hydrogen-bond donors (Lipinski definition) is 2. The number of carbonyl (C=O) groups is 1. The van der Waals surface area contributed by atoms with Gasteiger partial charge in [-0.3, -0.25) is 9.78 Å². The van der Waals surface area contributed by atoms with E-state index >= 15 is 0 Å². The van der Waals surface area contributed by atoms with Gasteiger partial charge in [-0.05, 0) is 74.0 Å². The lowest BCUT2D eigenvalue weighted by Crippen LogP contribution is -2.38. The van der Waals surface area contributed by atoms with Crippen molar-refractivity contribution in [2.45, 2.75) is 51.9 Å². The van der Waals surface area contributed by atoms with E-state index in [-0.39, 0.29) is 5.91 Å². The Balaban J connectivity index is 1.60. The molecule has 5 nitrogen and oxygen atoms in total. The van der Waals surface area contributed by atoms with Crippen LogP contribution < -0.4 is 5.32 Å². The second-order valence-electron chi connectivity index (χ2n) is 9.07. The summed E-state index contributed by atoms with van der Waals surface area (Å²) in [5.74, 6) is 1.20. The molecule has 0 saturated carbocycles. The summed E-state index contributed by atoms with van der Waals surface area (Å²) in [5, 5.41) is 4.39. The molecule has 0 spiro atoms. The number of likely N-dealkylation sites (tertiary alicyclic amines) is 1. The van der Waals surface area contributed by atoms with Crippen LogP contribution in [0, 0.1) is 6.92 Å². The van der Waals surface area contributed by atoms with E-state index in [1.165, 1.54) is 33.3 Å². The number of fused-ring (bicyclic) bond motifs is 1. The smallest absolute Gasteiger partial charge is 0.223 e. The van der Waals surface area contributed by atoms with Crippen LogP contribution in [0.15, 0.2) is 36.5 Å². The number of hydrogen-bond acceptors (Lipinski definition) is 3. The zero-order valence-corrected chi connectivity index (χ0v) is 19.2. The van der Waals surface area contributed by atoms with Gasteiger partial charge >= 0.3 is 0 Å². The molecule has 3 heterocycles. The minimum atomic E-state index is 0.272. The number of amides is 1. The molecule has 1 aromatic carbocycles. The highest BCUT2D eigenvalue weighted by atomic mass is 16.2. The van der Waals surface area contributed by atoms with Crippen LogP contribution in [0.1, 0.15) is 61.8 Å². The first kappa shape index (κ1) is 21.6. The van der Waals surface area contributed by atoms with Gasteiger partial charge in [0.1, 0.15) is 0 Å². The van der Waals surface area contributed by atoms with Gasteiger partial charge in [-0.15, -0.1) is 0 Å². The SMILES string of the molecule is CNCCC(=O)N1CCC(c2ccc3[nH]c(-c4ccnc(C)c4)c(C(C)C)c3c2)CC1. The van der Waals surface area contributed by atoms with Crippen LogP contribution in [0.3, 0.4) is 0 Å². The predicted molar refractivity (Wildman–Crippen MR) is 127 cm³/mol. The third kappa shape index (κ3) is 4.52. The third-order valence-corrected chi connectivity index (χ3v) is 6.53. The highest BCUT2D eigenvalue weighted by molar-refractivity contribution is 5.92. The lowest BCUT2D eigenvalue weighted by Gasteiger charge is -2.32. The minimum Gasteiger partial charge on any atom is -0.354 e. The van der Waals surface area contributed by atoms with Gasteiger partial charge in [0.15, 0.2) is 0 Å². The Kier molecular flexibility index (Phi) is 6.42. The van der Waals surface area contributed by atoms with E-state index in [2.05, 4.69) is 59.5 Å². The molecule has 1 aliphatic rings. The highest BCUT2D eigenvalue weighted by Crippen LogP contribution is 2.38. The number of H-pyrrole nitrogens is 1. The van der Waals surface area contributed by atoms with Gasteiger partial charge in [0.2, 0.25) is 5.91 Å². The van der Waals surface area contributed by atoms with E-state index in [4.69, 9.17) is 0 Å². The van der Waals surface area contributed by atoms with Crippen molar-refractivity contribution in [3.63, 3.8) is 0 Å². The van der Waals surface area contributed by atoms with Crippen LogP contribution in [0.5, 0.6) is 0 Å². The molecule has 0 bridgehead atoms. The summed E-state index contributed by atoms with van der Waals surface area (Å²) < 4.78 is 0. The van der Waals surface area contributed by atoms with Crippen LogP contribution in [-0.4, -0.2) is 47.5 Å². The Morgan fingerprint density at radius 2 is 2.00 bits per heavy atom. The van der Waals surface area contributed by atoms with Gasteiger partial charge in [0, 0.05) is 54.4 Å². The van der Waals surface area contributed by atoms with E-state index in [1.807, 2.05) is 25.1 Å². The van der Waals surface area contributed by atoms with E-state index in [9.17, 15) is 4.79 Å². The Bertz CT molecular complexity index is 1060. The zero-order chi connectivity index (χ0) is 22.0. The quantitative estimate of drug-likeness (QED) is 0.594. The molecule has 4 rings (SSSR count). The average Bonchev–Trinajstić information content (AvgIpc) is 3.16. The predicted octanol–water partition coefficient (Wildman–Crippen LogP) is 4.98. The lowest BCUT2D eigenvalue weighted by atomic mass is 9.87. The second kappa shape index (κ2) is 9.23. The molecule has 1 saturated heterocycles. The molecule has 164 valence electrons. The molecule has 0 aliphatic carbocycles. The number of nitrogens with one attached hydrogen (secondary N) is 2. The number of aromatic amines is 1. The molecule has 0 radical (unpaired) electrons. The first-order valence-electron chi connectivity index (χ1n) is 11.5. The summed E-state index contributed by atoms with van der Waals surface area (Å²) >= 11 is 0. The molecule has 1 fully saturated rings. The van der Waals surface area contributed by atoms with Crippen LogP contribution in [0.4, 0.5) is 0 Å². The minimum absolute atomic E-state index is 0.272. The molecule has 3 aromatic rings. The van der Waals surface area contributed by atoms with Crippen molar-refractivity contribution < 1.29 is 4.79 Å². The van der Waals surface area contributed by atoms with Crippen LogP contribution in [0.2, 0.25) is 0 Å². The van der Waals surface area contributed by atoms with Gasteiger partial charge in [0.25, 0.3) is 0 Å². The maximum absolute atomic E-state index is 12.3. The van der Waals surface area contributed by atoms with Gasteiger partial charge in [0.05, 0.1) is 5.69 Å². The summed E-state index contributed by atoms with van der Waals surface area (Å²) in [5.41, 5.74) is 7.40. The van der Waals surface area contributed by atoms with Crippen molar-refractivity contribution >= 4 is 16.8 Å². The number of carbonyl (C=O) groups excluding carboxylic acids is 1. The van der Waals surface area contributed by atoms with Crippen molar-refractivity contribution in [2.24, 2.45) is 0 Å². The molecule has 0 atom stereocenters. The molecule has 31 heavy (non-hydrogen) atoms. The van der Waals surface area contributed by atoms with E-state index in [1.54, 1.807) is 0 Å². The second-order valence-corrected chi connectivity index (χ2v) is 9.07. The molecule has 2 N–H and O–H groups in total. The fraction of sp³-hybridized carbons (Fsp3) is 0.462. The number of piperidine rings is 1. The number of nitrogens with zero attached hydrogens (tertiary/aromatic N) is 2. The van der Waals surface area contributed by atoms with Gasteiger partial charge in [-0.2, -0.15) is 0 Å². The maximum atomic E-state index is 12.3. The Morgan fingerprint density at radius 1 is 1.23 bits per heavy atom. The standard InChI is InChI=1S/C26H34N4O/c1-17(2)25-22-16-20(19-9-13-30(14-10-19)24(31)8-11-27-4)5-6-23(22)29-26(25)21-7-12-28-18(3)15-21/h5-7,12,15-17,19,27,29H,8-11,13-14H2,1-4H3. The number of pyridine rings is 1. The van der Waals surface area contributed by atoms with Gasteiger partial charge in [-0.1, -0.05) is 19.9 Å². The van der Waals surface area contributed by atoms with Crippen LogP contribution in [-0.2, 0) is 4.79 Å². The fourth-order valence-corrected chi connectivity index (χ4v) is 4.86. The molecular weight excluding hydrogens is 384 g/mol. The summed E-state index contributed by atoms with van der Waals surface area (Å²) in [7, 11) is 1.89. The first-order chi connectivity index (χ1) is 15.0. The number of rotatable bonds is 6. The van der Waals surface area contributed by atoms with Crippen molar-refractivity contribution in [3.05, 3.63) is 53.3 Å². The van der Waals surface area contributed by atoms with E-state index in [0.29, 0.717) is 18.3 Å². The van der Waals surface area contributed by atoms with Crippen molar-refractivity contribution in [3.8, 4) is 11.3 Å². The molecule has 1 amide bonds. The Hall–Kier alpha value is -2.66. The van der Waals surface area contributed by atoms with E-state index in [0.717, 1.165) is 38.2 Å². The number of aromatic nitrogens is 2. The zero-order valence-electron chi connectivity index (χ0n) is 19.2. The monoisotopic (exact) mass is 418 g/mol. The summed E-state index contributed by atoms with van der Waals surface area (Å²) in [4.78, 5) is 22.4. The van der Waals surface area contributed by atoms with Crippen molar-refractivity contribution in [1.82, 2.24) is 20.2 Å². The maximum Gasteiger partial charge on any atom is 0.223 e. The summed E-state index contributed by atoms with van der Waals surface area (Å²) in [6.45, 7) is 9.04. The number of benzene rings is 1. The normalized spacial score (nSPS) is 15.2. The largest absolute Gasteiger partial charge is 0.354 e. The van der Waals surface area contributed by atoms with Gasteiger partial charge in [-0.25, -0.2) is 0 Å². The summed E-state index contributed by atoms with van der Waals surface area (Å²) in [6, 6.07) is 11.1. The van der Waals surface area contributed by atoms with E-state index < -0.39 is 0 Å². The first-order valence-corrected chi connectivity index (χ1v) is 11.5. The molecule has 0 unspecified atom stereocenters. The Morgan fingerprint density at radius 3 is 2.68 bits per heavy atom. The lowest BCUT2D eigenvalue weighted by molar-refractivity contribution is -0.132. The average molecular weight is 419 g/mol. The summed E-state index contributed by atoms with van der Waals surface area (Å²) in [6.07, 6.45) is 4.55. The molecule has 2 aromatic heterocycles. The highest BCUT2D eigenvalue weighted by Gasteiger charge is 2.24. The molecule has 5 heteroatoms. The topological polar surface area (TPSA) is 61.0 Å².